The monoisotopic (exact) mass is 482 g/mol. The van der Waals surface area contributed by atoms with Gasteiger partial charge in [-0.2, -0.15) is 4.31 Å². The molecule has 3 aromatic rings. The maximum Gasteiger partial charge on any atom is 0.211 e. The van der Waals surface area contributed by atoms with Crippen molar-refractivity contribution >= 4 is 32.2 Å². The smallest absolute Gasteiger partial charge is 0.211 e. The van der Waals surface area contributed by atoms with Crippen LogP contribution >= 0.6 is 0 Å². The van der Waals surface area contributed by atoms with Gasteiger partial charge in [0, 0.05) is 35.4 Å². The predicted molar refractivity (Wildman–Crippen MR) is 135 cm³/mol. The average molecular weight is 483 g/mol. The summed E-state index contributed by atoms with van der Waals surface area (Å²) in [5, 5.41) is 14.7. The minimum Gasteiger partial charge on any atom is -0.377 e. The van der Waals surface area contributed by atoms with E-state index in [1.807, 2.05) is 24.3 Å². The second-order valence-corrected chi connectivity index (χ2v) is 11.1. The Balaban J connectivity index is 1.58. The number of nitrogens with one attached hydrogen (secondary N) is 2. The molecule has 0 spiro atoms. The van der Waals surface area contributed by atoms with Gasteiger partial charge in [0.15, 0.2) is 0 Å². The number of aliphatic hydroxyl groups excluding tert-OH is 1. The summed E-state index contributed by atoms with van der Waals surface area (Å²) in [6.07, 6.45) is 2.68. The van der Waals surface area contributed by atoms with Crippen LogP contribution in [0.4, 0.5) is 5.69 Å². The van der Waals surface area contributed by atoms with Gasteiger partial charge in [0.25, 0.3) is 0 Å². The molecule has 0 bridgehead atoms. The Labute approximate surface area is 199 Å². The van der Waals surface area contributed by atoms with E-state index in [1.165, 1.54) is 10.6 Å². The Kier molecular flexibility index (Phi) is 5.99. The number of aliphatic hydroxyl groups is 1. The molecular formula is C25H30N4O4S. The Morgan fingerprint density at radius 2 is 2.03 bits per heavy atom. The molecule has 1 saturated heterocycles. The Morgan fingerprint density at radius 3 is 2.65 bits per heavy atom. The second-order valence-electron chi connectivity index (χ2n) is 9.08. The first-order valence-corrected chi connectivity index (χ1v) is 13.3. The largest absolute Gasteiger partial charge is 0.377 e. The first kappa shape index (κ1) is 23.1. The quantitative estimate of drug-likeness (QED) is 0.401. The fourth-order valence-corrected chi connectivity index (χ4v) is 5.48. The zero-order chi connectivity index (χ0) is 24.0. The van der Waals surface area contributed by atoms with E-state index in [2.05, 4.69) is 35.4 Å². The van der Waals surface area contributed by atoms with Crippen molar-refractivity contribution in [2.75, 3.05) is 37.9 Å². The number of sulfonamides is 1. The molecule has 1 fully saturated rings. The van der Waals surface area contributed by atoms with Crippen LogP contribution in [0.1, 0.15) is 29.5 Å². The topological polar surface area (TPSA) is 121 Å². The molecule has 2 aliphatic rings. The van der Waals surface area contributed by atoms with Crippen molar-refractivity contribution in [1.29, 1.82) is 0 Å². The lowest BCUT2D eigenvalue weighted by Gasteiger charge is -2.29. The van der Waals surface area contributed by atoms with E-state index in [1.54, 1.807) is 0 Å². The fourth-order valence-electron chi connectivity index (χ4n) is 4.71. The normalized spacial score (nSPS) is 18.5. The lowest BCUT2D eigenvalue weighted by molar-refractivity contribution is 0.0211. The zero-order valence-electron chi connectivity index (χ0n) is 19.3. The van der Waals surface area contributed by atoms with E-state index in [0.29, 0.717) is 44.3 Å². The van der Waals surface area contributed by atoms with Crippen LogP contribution in [0.5, 0.6) is 0 Å². The molecule has 0 amide bonds. The van der Waals surface area contributed by atoms with Crippen LogP contribution in [-0.2, 0) is 14.8 Å². The summed E-state index contributed by atoms with van der Waals surface area (Å²) >= 11 is 0. The Bertz CT molecular complexity index is 1370. The van der Waals surface area contributed by atoms with Crippen molar-refractivity contribution in [3.05, 3.63) is 59.3 Å². The number of aromatic amines is 1. The van der Waals surface area contributed by atoms with Gasteiger partial charge in [0.2, 0.25) is 10.0 Å². The third-order valence-electron chi connectivity index (χ3n) is 6.75. The van der Waals surface area contributed by atoms with E-state index >= 15 is 0 Å². The molecular weight excluding hydrogens is 452 g/mol. The molecule has 1 aromatic heterocycles. The van der Waals surface area contributed by atoms with Crippen molar-refractivity contribution < 1.29 is 18.3 Å². The fraction of sp³-hybridized carbons (Fsp3) is 0.360. The van der Waals surface area contributed by atoms with Gasteiger partial charge >= 0.3 is 0 Å². The van der Waals surface area contributed by atoms with Crippen molar-refractivity contribution in [1.82, 2.24) is 9.29 Å². The number of nitrogens with zero attached hydrogens (tertiary/aromatic N) is 1. The van der Waals surface area contributed by atoms with Crippen molar-refractivity contribution in [3.8, 4) is 11.1 Å². The van der Waals surface area contributed by atoms with Crippen LogP contribution < -0.4 is 11.1 Å². The maximum absolute atomic E-state index is 11.9. The summed E-state index contributed by atoms with van der Waals surface area (Å²) in [7, 11) is -3.22. The number of nitrogens with two attached hydrogens (primary N) is 1. The first-order chi connectivity index (χ1) is 16.2. The number of hydrogen-bond acceptors (Lipinski definition) is 6. The highest BCUT2D eigenvalue weighted by atomic mass is 32.2. The molecule has 2 aromatic carbocycles. The number of H-pyrrole nitrogens is 1. The predicted octanol–water partition coefficient (Wildman–Crippen LogP) is 2.95. The van der Waals surface area contributed by atoms with Crippen LogP contribution in [-0.4, -0.2) is 61.4 Å². The zero-order valence-corrected chi connectivity index (χ0v) is 20.2. The average Bonchev–Trinajstić information content (AvgIpc) is 3.21. The van der Waals surface area contributed by atoms with Gasteiger partial charge in [-0.15, -0.1) is 0 Å². The molecule has 5 N–H and O–H groups in total. The molecule has 5 rings (SSSR count). The molecule has 0 radical (unpaired) electrons. The SMILES string of the molecule is Cc1c(NC2COC2)cccc1-c1ccc(C(N)O)c2[nH]c(C3=CCN(S(C)(=O)=O)CC3)cc12. The summed E-state index contributed by atoms with van der Waals surface area (Å²) < 4.78 is 30.5. The summed E-state index contributed by atoms with van der Waals surface area (Å²) in [5.74, 6) is 0. The number of aromatic nitrogens is 1. The highest BCUT2D eigenvalue weighted by molar-refractivity contribution is 7.88. The van der Waals surface area contributed by atoms with Crippen LogP contribution in [0, 0.1) is 6.92 Å². The van der Waals surface area contributed by atoms with Crippen LogP contribution in [0.2, 0.25) is 0 Å². The van der Waals surface area contributed by atoms with Crippen LogP contribution in [0.15, 0.2) is 42.5 Å². The molecule has 180 valence electrons. The molecule has 0 saturated carbocycles. The Morgan fingerprint density at radius 1 is 1.24 bits per heavy atom. The third kappa shape index (κ3) is 4.25. The number of benzene rings is 2. The first-order valence-electron chi connectivity index (χ1n) is 11.4. The molecule has 0 aliphatic carbocycles. The molecule has 2 aliphatic heterocycles. The lowest BCUT2D eigenvalue weighted by atomic mass is 9.94. The standard InChI is InChI=1S/C25H30N4O4S/c1-15-18(4-3-5-22(15)27-17-13-33-14-17)19-6-7-20(25(26)30)24-21(19)12-23(28-24)16-8-10-29(11-9-16)34(2,31)32/h3-8,12,17,25,27-28,30H,9-11,13-14,26H2,1-2H3. The number of ether oxygens (including phenoxy) is 1. The molecule has 34 heavy (non-hydrogen) atoms. The minimum atomic E-state index is -3.22. The Hall–Kier alpha value is -2.69. The third-order valence-corrected chi connectivity index (χ3v) is 8.02. The highest BCUT2D eigenvalue weighted by Gasteiger charge is 2.23. The van der Waals surface area contributed by atoms with E-state index in [4.69, 9.17) is 10.5 Å². The molecule has 1 atom stereocenters. The number of hydrogen-bond donors (Lipinski definition) is 4. The van der Waals surface area contributed by atoms with E-state index in [-0.39, 0.29) is 0 Å². The van der Waals surface area contributed by atoms with E-state index < -0.39 is 16.3 Å². The number of fused-ring (bicyclic) bond motifs is 1. The maximum atomic E-state index is 11.9. The van der Waals surface area contributed by atoms with Gasteiger partial charge in [-0.1, -0.05) is 30.3 Å². The van der Waals surface area contributed by atoms with E-state index in [0.717, 1.165) is 44.5 Å². The molecule has 9 heteroatoms. The summed E-state index contributed by atoms with van der Waals surface area (Å²) in [5.41, 5.74) is 13.6. The number of rotatable bonds is 6. The van der Waals surface area contributed by atoms with Crippen molar-refractivity contribution in [2.45, 2.75) is 25.6 Å². The summed E-state index contributed by atoms with van der Waals surface area (Å²) in [4.78, 5) is 3.46. The second kappa shape index (κ2) is 8.83. The minimum absolute atomic E-state index is 0.326. The summed E-state index contributed by atoms with van der Waals surface area (Å²) in [6.45, 7) is 4.32. The summed E-state index contributed by atoms with van der Waals surface area (Å²) in [6, 6.07) is 12.5. The van der Waals surface area contributed by atoms with Crippen LogP contribution in [0.25, 0.3) is 27.6 Å². The van der Waals surface area contributed by atoms with Crippen molar-refractivity contribution in [2.24, 2.45) is 5.73 Å². The molecule has 1 unspecified atom stereocenters. The van der Waals surface area contributed by atoms with E-state index in [9.17, 15) is 13.5 Å². The van der Waals surface area contributed by atoms with Gasteiger partial charge < -0.3 is 25.9 Å². The van der Waals surface area contributed by atoms with Crippen LogP contribution in [0.3, 0.4) is 0 Å². The molecule has 8 nitrogen and oxygen atoms in total. The number of anilines is 1. The van der Waals surface area contributed by atoms with Crippen molar-refractivity contribution in [3.63, 3.8) is 0 Å². The van der Waals surface area contributed by atoms with Gasteiger partial charge in [0.1, 0.15) is 6.23 Å². The lowest BCUT2D eigenvalue weighted by Crippen LogP contribution is -2.40. The molecule has 3 heterocycles. The highest BCUT2D eigenvalue weighted by Crippen LogP contribution is 2.38. The van der Waals surface area contributed by atoms with Gasteiger partial charge in [-0.25, -0.2) is 8.42 Å². The van der Waals surface area contributed by atoms with Gasteiger partial charge in [0.05, 0.1) is 31.0 Å². The van der Waals surface area contributed by atoms with Gasteiger partial charge in [-0.3, -0.25) is 0 Å². The van der Waals surface area contributed by atoms with Gasteiger partial charge in [-0.05, 0) is 47.7 Å².